The van der Waals surface area contributed by atoms with Crippen LogP contribution in [0.2, 0.25) is 0 Å². The van der Waals surface area contributed by atoms with Gasteiger partial charge in [-0.3, -0.25) is 19.7 Å². The Morgan fingerprint density at radius 3 is 2.76 bits per heavy atom. The molecule has 2 aliphatic heterocycles. The molecular formula is C21H19FN4O2S. The minimum atomic E-state index is -0.583. The SMILES string of the molecule is O=C(c1ccncc1F)N1CCC2(CC1)OCCc1cc(-c3cnccn3)sc12. The molecule has 0 saturated carbocycles. The van der Waals surface area contributed by atoms with E-state index in [-0.39, 0.29) is 17.1 Å². The van der Waals surface area contributed by atoms with Crippen LogP contribution in [0.1, 0.15) is 33.6 Å². The van der Waals surface area contributed by atoms with E-state index in [0.29, 0.717) is 32.5 Å². The van der Waals surface area contributed by atoms with E-state index in [4.69, 9.17) is 4.74 Å². The number of pyridine rings is 1. The molecule has 0 bridgehead atoms. The summed E-state index contributed by atoms with van der Waals surface area (Å²) in [4.78, 5) is 29.1. The largest absolute Gasteiger partial charge is 0.369 e. The molecule has 1 saturated heterocycles. The zero-order valence-electron chi connectivity index (χ0n) is 15.7. The molecule has 148 valence electrons. The van der Waals surface area contributed by atoms with Crippen molar-refractivity contribution in [2.75, 3.05) is 19.7 Å². The fourth-order valence-corrected chi connectivity index (χ4v) is 5.51. The van der Waals surface area contributed by atoms with Crippen molar-refractivity contribution in [3.8, 4) is 10.6 Å². The number of thiophene rings is 1. The van der Waals surface area contributed by atoms with E-state index >= 15 is 0 Å². The third-order valence-corrected chi connectivity index (χ3v) is 7.03. The van der Waals surface area contributed by atoms with E-state index in [9.17, 15) is 9.18 Å². The predicted octanol–water partition coefficient (Wildman–Crippen LogP) is 3.44. The smallest absolute Gasteiger partial charge is 0.256 e. The number of amides is 1. The summed E-state index contributed by atoms with van der Waals surface area (Å²) in [6.45, 7) is 1.72. The fourth-order valence-electron chi connectivity index (χ4n) is 4.14. The van der Waals surface area contributed by atoms with Crippen molar-refractivity contribution in [2.45, 2.75) is 24.9 Å². The number of hydrogen-bond donors (Lipinski definition) is 0. The van der Waals surface area contributed by atoms with E-state index in [1.54, 1.807) is 34.8 Å². The third-order valence-electron chi connectivity index (χ3n) is 5.65. The van der Waals surface area contributed by atoms with Crippen LogP contribution in [-0.2, 0) is 16.8 Å². The second-order valence-corrected chi connectivity index (χ2v) is 8.35. The van der Waals surface area contributed by atoms with Gasteiger partial charge < -0.3 is 9.64 Å². The first kappa shape index (κ1) is 18.3. The Morgan fingerprint density at radius 2 is 2.00 bits per heavy atom. The van der Waals surface area contributed by atoms with Crippen molar-refractivity contribution >= 4 is 17.2 Å². The number of nitrogens with zero attached hydrogens (tertiary/aromatic N) is 4. The molecule has 8 heteroatoms. The zero-order valence-corrected chi connectivity index (χ0v) is 16.5. The molecule has 0 aromatic carbocycles. The van der Waals surface area contributed by atoms with E-state index in [1.807, 2.05) is 0 Å². The van der Waals surface area contributed by atoms with Crippen LogP contribution in [-0.4, -0.2) is 45.5 Å². The summed E-state index contributed by atoms with van der Waals surface area (Å²) < 4.78 is 20.3. The Balaban J connectivity index is 1.38. The molecule has 3 aromatic rings. The molecule has 0 N–H and O–H groups in total. The number of ether oxygens (including phenoxy) is 1. The molecule has 5 rings (SSSR count). The number of fused-ring (bicyclic) bond motifs is 2. The van der Waals surface area contributed by atoms with Gasteiger partial charge >= 0.3 is 0 Å². The zero-order chi connectivity index (χ0) is 19.8. The highest BCUT2D eigenvalue weighted by atomic mass is 32.1. The number of carbonyl (C=O) groups is 1. The summed E-state index contributed by atoms with van der Waals surface area (Å²) in [5, 5.41) is 0. The van der Waals surface area contributed by atoms with Gasteiger partial charge in [-0.25, -0.2) is 4.39 Å². The van der Waals surface area contributed by atoms with Gasteiger partial charge in [-0.05, 0) is 37.0 Å². The molecule has 29 heavy (non-hydrogen) atoms. The molecule has 0 aliphatic carbocycles. The lowest BCUT2D eigenvalue weighted by Crippen LogP contribution is -2.48. The van der Waals surface area contributed by atoms with Gasteiger partial charge in [-0.2, -0.15) is 0 Å². The minimum Gasteiger partial charge on any atom is -0.369 e. The normalized spacial score (nSPS) is 17.9. The average Bonchev–Trinajstić information content (AvgIpc) is 3.21. The number of piperidine rings is 1. The molecule has 0 radical (unpaired) electrons. The van der Waals surface area contributed by atoms with Gasteiger partial charge in [0, 0.05) is 36.6 Å². The second-order valence-electron chi connectivity index (χ2n) is 7.30. The van der Waals surface area contributed by atoms with E-state index in [2.05, 4.69) is 21.0 Å². The molecule has 6 nitrogen and oxygen atoms in total. The van der Waals surface area contributed by atoms with Crippen molar-refractivity contribution in [2.24, 2.45) is 0 Å². The number of carbonyl (C=O) groups excluding carboxylic acids is 1. The van der Waals surface area contributed by atoms with Crippen molar-refractivity contribution < 1.29 is 13.9 Å². The van der Waals surface area contributed by atoms with Gasteiger partial charge in [0.2, 0.25) is 0 Å². The Kier molecular flexibility index (Phi) is 4.60. The fraction of sp³-hybridized carbons (Fsp3) is 0.333. The number of likely N-dealkylation sites (tertiary alicyclic amines) is 1. The summed E-state index contributed by atoms with van der Waals surface area (Å²) in [6, 6.07) is 3.63. The minimum absolute atomic E-state index is 0.0715. The van der Waals surface area contributed by atoms with Crippen molar-refractivity contribution in [1.29, 1.82) is 0 Å². The summed E-state index contributed by atoms with van der Waals surface area (Å²) >= 11 is 1.70. The molecule has 1 spiro atoms. The molecule has 0 atom stereocenters. The summed E-state index contributed by atoms with van der Waals surface area (Å²) in [7, 11) is 0. The van der Waals surface area contributed by atoms with Crippen LogP contribution >= 0.6 is 11.3 Å². The molecule has 1 fully saturated rings. The standard InChI is InChI=1S/C21H19FN4O2S/c22-16-12-23-5-1-15(16)20(27)26-8-3-21(4-9-26)19-14(2-10-28-21)11-18(29-19)17-13-24-6-7-25-17/h1,5-7,11-13H,2-4,8-10H2. The van der Waals surface area contributed by atoms with Crippen molar-refractivity contribution in [3.63, 3.8) is 0 Å². The van der Waals surface area contributed by atoms with Gasteiger partial charge in [0.1, 0.15) is 5.60 Å². The highest BCUT2D eigenvalue weighted by molar-refractivity contribution is 7.15. The molecule has 3 aromatic heterocycles. The van der Waals surface area contributed by atoms with E-state index in [0.717, 1.165) is 23.2 Å². The monoisotopic (exact) mass is 410 g/mol. The molecule has 2 aliphatic rings. The molecule has 0 unspecified atom stereocenters. The summed E-state index contributed by atoms with van der Waals surface area (Å²) in [5.74, 6) is -0.872. The van der Waals surface area contributed by atoms with Crippen LogP contribution < -0.4 is 0 Å². The number of rotatable bonds is 2. The van der Waals surface area contributed by atoms with Gasteiger partial charge in [-0.15, -0.1) is 11.3 Å². The van der Waals surface area contributed by atoms with Crippen molar-refractivity contribution in [1.82, 2.24) is 19.9 Å². The summed E-state index contributed by atoms with van der Waals surface area (Å²) in [6.07, 6.45) is 9.92. The molecule has 5 heterocycles. The van der Waals surface area contributed by atoms with Crippen LogP contribution in [0.25, 0.3) is 10.6 Å². The van der Waals surface area contributed by atoms with Crippen LogP contribution in [0.5, 0.6) is 0 Å². The average molecular weight is 410 g/mol. The molecular weight excluding hydrogens is 391 g/mol. The second kappa shape index (κ2) is 7.27. The predicted molar refractivity (Wildman–Crippen MR) is 106 cm³/mol. The van der Waals surface area contributed by atoms with E-state index < -0.39 is 5.82 Å². The maximum absolute atomic E-state index is 14.0. The Bertz CT molecular complexity index is 1050. The highest BCUT2D eigenvalue weighted by Crippen LogP contribution is 2.47. The van der Waals surface area contributed by atoms with Gasteiger partial charge in [0.15, 0.2) is 5.82 Å². The first-order valence-corrected chi connectivity index (χ1v) is 10.4. The summed E-state index contributed by atoms with van der Waals surface area (Å²) in [5.41, 5.74) is 1.85. The highest BCUT2D eigenvalue weighted by Gasteiger charge is 2.43. The van der Waals surface area contributed by atoms with Crippen LogP contribution in [0.3, 0.4) is 0 Å². The maximum atomic E-state index is 14.0. The topological polar surface area (TPSA) is 68.2 Å². The lowest BCUT2D eigenvalue weighted by atomic mass is 9.85. The lowest BCUT2D eigenvalue weighted by molar-refractivity contribution is -0.0906. The van der Waals surface area contributed by atoms with E-state index in [1.165, 1.54) is 22.7 Å². The van der Waals surface area contributed by atoms with Crippen LogP contribution in [0.15, 0.2) is 43.1 Å². The maximum Gasteiger partial charge on any atom is 0.256 e. The van der Waals surface area contributed by atoms with Crippen LogP contribution in [0, 0.1) is 5.82 Å². The van der Waals surface area contributed by atoms with Gasteiger partial charge in [0.25, 0.3) is 5.91 Å². The van der Waals surface area contributed by atoms with Gasteiger partial charge in [0.05, 0.1) is 35.1 Å². The molecule has 1 amide bonds. The number of hydrogen-bond acceptors (Lipinski definition) is 6. The Morgan fingerprint density at radius 1 is 1.17 bits per heavy atom. The van der Waals surface area contributed by atoms with Gasteiger partial charge in [-0.1, -0.05) is 0 Å². The third kappa shape index (κ3) is 3.22. The Labute approximate surface area is 171 Å². The first-order chi connectivity index (χ1) is 14.2. The quantitative estimate of drug-likeness (QED) is 0.647. The first-order valence-electron chi connectivity index (χ1n) is 9.59. The Hall–Kier alpha value is -2.71. The van der Waals surface area contributed by atoms with Crippen LogP contribution in [0.4, 0.5) is 4.39 Å². The lowest BCUT2D eigenvalue weighted by Gasteiger charge is -2.43. The van der Waals surface area contributed by atoms with Crippen molar-refractivity contribution in [3.05, 3.63) is 64.9 Å². The number of aromatic nitrogens is 3. The number of halogens is 1.